The molecule has 0 atom stereocenters. The van der Waals surface area contributed by atoms with Crippen LogP contribution in [0, 0.1) is 16.0 Å². The van der Waals surface area contributed by atoms with Crippen LogP contribution in [0.4, 0.5) is 10.5 Å². The van der Waals surface area contributed by atoms with Crippen LogP contribution >= 0.6 is 23.2 Å². The minimum absolute atomic E-state index is 0.0166. The third-order valence-electron chi connectivity index (χ3n) is 1.93. The number of halogens is 2. The number of ether oxygens (including phenoxy) is 2. The molecule has 0 radical (unpaired) electrons. The molecule has 0 amide bonds. The molecule has 8 heteroatoms. The first-order valence-corrected chi connectivity index (χ1v) is 6.05. The maximum atomic E-state index is 11.3. The summed E-state index contributed by atoms with van der Waals surface area (Å²) in [5.74, 6) is -0.0332. The molecule has 0 saturated carbocycles. The Morgan fingerprint density at radius 3 is 2.53 bits per heavy atom. The smallest absolute Gasteiger partial charge is 0.434 e. The van der Waals surface area contributed by atoms with Crippen molar-refractivity contribution in [1.82, 2.24) is 0 Å². The van der Waals surface area contributed by atoms with Crippen molar-refractivity contribution < 1.29 is 19.2 Å². The summed E-state index contributed by atoms with van der Waals surface area (Å²) in [5.41, 5.74) is -0.405. The predicted octanol–water partition coefficient (Wildman–Crippen LogP) is 4.07. The maximum Gasteiger partial charge on any atom is 0.513 e. The van der Waals surface area contributed by atoms with Crippen molar-refractivity contribution in [3.05, 3.63) is 32.3 Å². The van der Waals surface area contributed by atoms with Crippen LogP contribution in [0.3, 0.4) is 0 Å². The lowest BCUT2D eigenvalue weighted by Crippen LogP contribution is -2.14. The van der Waals surface area contributed by atoms with Gasteiger partial charge in [0.25, 0.3) is 5.69 Å². The van der Waals surface area contributed by atoms with Gasteiger partial charge in [0.15, 0.2) is 5.75 Å². The van der Waals surface area contributed by atoms with Crippen LogP contribution in [0.25, 0.3) is 0 Å². The van der Waals surface area contributed by atoms with E-state index in [9.17, 15) is 14.9 Å². The fourth-order valence-electron chi connectivity index (χ4n) is 1.09. The molecule has 0 bridgehead atoms. The van der Waals surface area contributed by atoms with Gasteiger partial charge in [-0.15, -0.1) is 0 Å². The molecule has 1 aromatic rings. The topological polar surface area (TPSA) is 78.7 Å². The average molecular weight is 308 g/mol. The highest BCUT2D eigenvalue weighted by molar-refractivity contribution is 6.36. The van der Waals surface area contributed by atoms with Crippen molar-refractivity contribution in [2.45, 2.75) is 13.8 Å². The largest absolute Gasteiger partial charge is 0.513 e. The number of benzene rings is 1. The zero-order chi connectivity index (χ0) is 14.6. The molecule has 0 N–H and O–H groups in total. The average Bonchev–Trinajstić information content (AvgIpc) is 2.29. The van der Waals surface area contributed by atoms with E-state index in [1.165, 1.54) is 0 Å². The first kappa shape index (κ1) is 15.5. The summed E-state index contributed by atoms with van der Waals surface area (Å²) in [6.45, 7) is 3.88. The summed E-state index contributed by atoms with van der Waals surface area (Å²) >= 11 is 11.4. The van der Waals surface area contributed by atoms with E-state index in [4.69, 9.17) is 32.7 Å². The van der Waals surface area contributed by atoms with E-state index in [-0.39, 0.29) is 28.3 Å². The summed E-state index contributed by atoms with van der Waals surface area (Å²) in [5, 5.41) is 10.5. The van der Waals surface area contributed by atoms with Gasteiger partial charge in [0.05, 0.1) is 22.6 Å². The van der Waals surface area contributed by atoms with E-state index in [2.05, 4.69) is 0 Å². The van der Waals surface area contributed by atoms with Crippen LogP contribution in [0.2, 0.25) is 10.0 Å². The summed E-state index contributed by atoms with van der Waals surface area (Å²) < 4.78 is 9.56. The summed E-state index contributed by atoms with van der Waals surface area (Å²) in [6.07, 6.45) is -0.979. The number of carbonyl (C=O) groups is 1. The number of nitro benzene ring substituents is 1. The minimum atomic E-state index is -0.979. The molecule has 1 rings (SSSR count). The molecule has 0 aliphatic rings. The molecule has 0 saturated heterocycles. The van der Waals surface area contributed by atoms with Gasteiger partial charge >= 0.3 is 6.16 Å². The zero-order valence-corrected chi connectivity index (χ0v) is 11.7. The van der Waals surface area contributed by atoms with Crippen molar-refractivity contribution in [2.24, 2.45) is 5.92 Å². The predicted molar refractivity (Wildman–Crippen MR) is 69.9 cm³/mol. The van der Waals surface area contributed by atoms with E-state index >= 15 is 0 Å². The molecular formula is C11H11Cl2NO5. The standard InChI is InChI=1S/C11H11Cl2NO5/c1-6(2)5-18-11(15)19-10-4-9(14(16)17)7(12)3-8(10)13/h3-4,6H,5H2,1-2H3. The van der Waals surface area contributed by atoms with E-state index in [0.29, 0.717) is 0 Å². The summed E-state index contributed by atoms with van der Waals surface area (Å²) in [4.78, 5) is 21.3. The Morgan fingerprint density at radius 1 is 1.37 bits per heavy atom. The number of rotatable bonds is 4. The third kappa shape index (κ3) is 4.57. The maximum absolute atomic E-state index is 11.3. The van der Waals surface area contributed by atoms with Crippen LogP contribution in [0.15, 0.2) is 12.1 Å². The van der Waals surface area contributed by atoms with Crippen molar-refractivity contribution in [2.75, 3.05) is 6.61 Å². The fourth-order valence-corrected chi connectivity index (χ4v) is 1.58. The number of hydrogen-bond acceptors (Lipinski definition) is 5. The van der Waals surface area contributed by atoms with Gasteiger partial charge in [0.2, 0.25) is 0 Å². The quantitative estimate of drug-likeness (QED) is 0.362. The molecular weight excluding hydrogens is 297 g/mol. The van der Waals surface area contributed by atoms with Gasteiger partial charge in [-0.2, -0.15) is 0 Å². The molecule has 0 fully saturated rings. The van der Waals surface area contributed by atoms with Crippen molar-refractivity contribution in [3.8, 4) is 5.75 Å². The zero-order valence-electron chi connectivity index (χ0n) is 10.2. The molecule has 6 nitrogen and oxygen atoms in total. The monoisotopic (exact) mass is 307 g/mol. The Hall–Kier alpha value is -1.53. The summed E-state index contributed by atoms with van der Waals surface area (Å²) in [6, 6.07) is 2.10. The molecule has 0 unspecified atom stereocenters. The highest BCUT2D eigenvalue weighted by Gasteiger charge is 2.19. The van der Waals surface area contributed by atoms with E-state index in [0.717, 1.165) is 12.1 Å². The number of hydrogen-bond donors (Lipinski definition) is 0. The van der Waals surface area contributed by atoms with Gasteiger partial charge in [-0.1, -0.05) is 37.0 Å². The van der Waals surface area contributed by atoms with Gasteiger partial charge in [-0.05, 0) is 12.0 Å². The molecule has 0 aliphatic carbocycles. The molecule has 0 heterocycles. The fraction of sp³-hybridized carbons (Fsp3) is 0.364. The Morgan fingerprint density at radius 2 is 2.00 bits per heavy atom. The second-order valence-corrected chi connectivity index (χ2v) is 4.86. The molecule has 0 aliphatic heterocycles. The van der Waals surface area contributed by atoms with Crippen LogP contribution in [-0.2, 0) is 4.74 Å². The SMILES string of the molecule is CC(C)COC(=O)Oc1cc([N+](=O)[O-])c(Cl)cc1Cl. The molecule has 0 spiro atoms. The Balaban J connectivity index is 2.86. The van der Waals surface area contributed by atoms with Gasteiger partial charge in [-0.25, -0.2) is 4.79 Å². The lowest BCUT2D eigenvalue weighted by atomic mass is 10.2. The lowest BCUT2D eigenvalue weighted by molar-refractivity contribution is -0.384. The first-order chi connectivity index (χ1) is 8.81. The van der Waals surface area contributed by atoms with Crippen molar-refractivity contribution in [3.63, 3.8) is 0 Å². The number of carbonyl (C=O) groups excluding carboxylic acids is 1. The third-order valence-corrected chi connectivity index (χ3v) is 2.52. The van der Waals surface area contributed by atoms with E-state index in [1.807, 2.05) is 13.8 Å². The van der Waals surface area contributed by atoms with E-state index < -0.39 is 16.8 Å². The van der Waals surface area contributed by atoms with Gasteiger partial charge < -0.3 is 9.47 Å². The minimum Gasteiger partial charge on any atom is -0.434 e. The number of nitrogens with zero attached hydrogens (tertiary/aromatic N) is 1. The second-order valence-electron chi connectivity index (χ2n) is 4.05. The summed E-state index contributed by atoms with van der Waals surface area (Å²) in [7, 11) is 0. The first-order valence-electron chi connectivity index (χ1n) is 5.29. The van der Waals surface area contributed by atoms with Crippen molar-refractivity contribution >= 4 is 35.0 Å². The Bertz CT molecular complexity index is 504. The van der Waals surface area contributed by atoms with Crippen LogP contribution in [0.1, 0.15) is 13.8 Å². The second kappa shape index (κ2) is 6.58. The lowest BCUT2D eigenvalue weighted by Gasteiger charge is -2.09. The molecule has 1 aromatic carbocycles. The van der Waals surface area contributed by atoms with Gasteiger partial charge in [0, 0.05) is 0 Å². The van der Waals surface area contributed by atoms with Crippen LogP contribution in [0.5, 0.6) is 5.75 Å². The molecule has 19 heavy (non-hydrogen) atoms. The van der Waals surface area contributed by atoms with Crippen LogP contribution < -0.4 is 4.74 Å². The normalized spacial score (nSPS) is 10.4. The van der Waals surface area contributed by atoms with E-state index in [1.54, 1.807) is 0 Å². The van der Waals surface area contributed by atoms with Crippen LogP contribution in [-0.4, -0.2) is 17.7 Å². The van der Waals surface area contributed by atoms with Gasteiger partial charge in [-0.3, -0.25) is 10.1 Å². The molecule has 104 valence electrons. The highest BCUT2D eigenvalue weighted by Crippen LogP contribution is 2.35. The number of nitro groups is 1. The highest BCUT2D eigenvalue weighted by atomic mass is 35.5. The Labute approximate surface area is 119 Å². The van der Waals surface area contributed by atoms with Gasteiger partial charge in [0.1, 0.15) is 5.02 Å². The van der Waals surface area contributed by atoms with Crippen molar-refractivity contribution in [1.29, 1.82) is 0 Å². The Kier molecular flexibility index (Phi) is 5.38. The molecule has 0 aromatic heterocycles.